The van der Waals surface area contributed by atoms with Crippen LogP contribution in [0.4, 0.5) is 5.69 Å². The minimum absolute atomic E-state index is 0.115. The quantitative estimate of drug-likeness (QED) is 0.773. The first kappa shape index (κ1) is 14.9. The summed E-state index contributed by atoms with van der Waals surface area (Å²) in [6, 6.07) is 10.9. The number of hydrogen-bond acceptors (Lipinski definition) is 1. The zero-order valence-electron chi connectivity index (χ0n) is 11.6. The Balaban J connectivity index is 2.34. The van der Waals surface area contributed by atoms with Crippen molar-refractivity contribution in [3.8, 4) is 0 Å². The fraction of sp³-hybridized carbons (Fsp3) is 0.188. The van der Waals surface area contributed by atoms with E-state index in [1.807, 2.05) is 32.0 Å². The molecule has 0 aromatic heterocycles. The SMILES string of the molecule is Cc1ccc(N(C)C(=O)c2ccc(Cl)c(Cl)c2)c(C)c1. The summed E-state index contributed by atoms with van der Waals surface area (Å²) < 4.78 is 0. The number of nitrogens with zero attached hydrogens (tertiary/aromatic N) is 1. The van der Waals surface area contributed by atoms with E-state index in [9.17, 15) is 4.79 Å². The molecule has 0 spiro atoms. The van der Waals surface area contributed by atoms with Crippen molar-refractivity contribution in [1.29, 1.82) is 0 Å². The molecular weight excluding hydrogens is 293 g/mol. The standard InChI is InChI=1S/C16H15Cl2NO/c1-10-4-7-15(11(2)8-10)19(3)16(20)12-5-6-13(17)14(18)9-12/h4-9H,1-3H3. The Morgan fingerprint density at radius 1 is 1.00 bits per heavy atom. The summed E-state index contributed by atoms with van der Waals surface area (Å²) in [4.78, 5) is 14.1. The number of anilines is 1. The number of carbonyl (C=O) groups excluding carboxylic acids is 1. The van der Waals surface area contributed by atoms with E-state index in [0.717, 1.165) is 11.3 Å². The Kier molecular flexibility index (Phi) is 4.36. The summed E-state index contributed by atoms with van der Waals surface area (Å²) in [6.45, 7) is 4.01. The van der Waals surface area contributed by atoms with Crippen molar-refractivity contribution in [3.05, 3.63) is 63.1 Å². The van der Waals surface area contributed by atoms with Crippen molar-refractivity contribution in [2.45, 2.75) is 13.8 Å². The van der Waals surface area contributed by atoms with Gasteiger partial charge in [0.05, 0.1) is 10.0 Å². The second kappa shape index (κ2) is 5.86. The highest BCUT2D eigenvalue weighted by Gasteiger charge is 2.16. The second-order valence-corrected chi connectivity index (χ2v) is 5.60. The van der Waals surface area contributed by atoms with E-state index in [1.54, 1.807) is 30.1 Å². The van der Waals surface area contributed by atoms with Crippen LogP contribution in [0.15, 0.2) is 36.4 Å². The van der Waals surface area contributed by atoms with Crippen molar-refractivity contribution in [3.63, 3.8) is 0 Å². The van der Waals surface area contributed by atoms with E-state index in [-0.39, 0.29) is 5.91 Å². The summed E-state index contributed by atoms with van der Waals surface area (Å²) in [5.74, 6) is -0.115. The molecule has 20 heavy (non-hydrogen) atoms. The number of carbonyl (C=O) groups is 1. The normalized spacial score (nSPS) is 10.4. The smallest absolute Gasteiger partial charge is 0.258 e. The second-order valence-electron chi connectivity index (χ2n) is 4.78. The maximum absolute atomic E-state index is 12.5. The highest BCUT2D eigenvalue weighted by Crippen LogP contribution is 2.25. The lowest BCUT2D eigenvalue weighted by atomic mass is 10.1. The van der Waals surface area contributed by atoms with Crippen LogP contribution < -0.4 is 4.90 Å². The van der Waals surface area contributed by atoms with Crippen molar-refractivity contribution in [2.24, 2.45) is 0 Å². The summed E-state index contributed by atoms with van der Waals surface area (Å²) >= 11 is 11.8. The van der Waals surface area contributed by atoms with E-state index < -0.39 is 0 Å². The molecule has 0 radical (unpaired) electrons. The van der Waals surface area contributed by atoms with Gasteiger partial charge in [-0.05, 0) is 43.7 Å². The van der Waals surface area contributed by atoms with E-state index in [4.69, 9.17) is 23.2 Å². The van der Waals surface area contributed by atoms with Crippen LogP contribution in [-0.4, -0.2) is 13.0 Å². The molecule has 0 aliphatic heterocycles. The van der Waals surface area contributed by atoms with Gasteiger partial charge in [0.1, 0.15) is 0 Å². The molecule has 0 saturated heterocycles. The lowest BCUT2D eigenvalue weighted by Gasteiger charge is -2.20. The topological polar surface area (TPSA) is 20.3 Å². The molecule has 0 heterocycles. The van der Waals surface area contributed by atoms with E-state index in [1.165, 1.54) is 5.56 Å². The van der Waals surface area contributed by atoms with Gasteiger partial charge < -0.3 is 4.90 Å². The maximum Gasteiger partial charge on any atom is 0.258 e. The fourth-order valence-electron chi connectivity index (χ4n) is 2.11. The number of benzene rings is 2. The molecule has 2 rings (SSSR count). The third-order valence-corrected chi connectivity index (χ3v) is 3.92. The highest BCUT2D eigenvalue weighted by atomic mass is 35.5. The van der Waals surface area contributed by atoms with Crippen LogP contribution >= 0.6 is 23.2 Å². The van der Waals surface area contributed by atoms with Gasteiger partial charge in [0, 0.05) is 18.3 Å². The molecule has 4 heteroatoms. The van der Waals surface area contributed by atoms with Gasteiger partial charge in [0.2, 0.25) is 0 Å². The molecule has 0 N–H and O–H groups in total. The third kappa shape index (κ3) is 2.97. The summed E-state index contributed by atoms with van der Waals surface area (Å²) in [5, 5.41) is 0.823. The molecular formula is C16H15Cl2NO. The molecule has 0 bridgehead atoms. The lowest BCUT2D eigenvalue weighted by Crippen LogP contribution is -2.26. The van der Waals surface area contributed by atoms with Crippen molar-refractivity contribution >= 4 is 34.8 Å². The molecule has 1 amide bonds. The van der Waals surface area contributed by atoms with Crippen molar-refractivity contribution in [2.75, 3.05) is 11.9 Å². The van der Waals surface area contributed by atoms with Crippen LogP contribution in [-0.2, 0) is 0 Å². The van der Waals surface area contributed by atoms with Crippen LogP contribution in [0.25, 0.3) is 0 Å². The molecule has 2 nitrogen and oxygen atoms in total. The van der Waals surface area contributed by atoms with E-state index in [0.29, 0.717) is 15.6 Å². The van der Waals surface area contributed by atoms with Crippen LogP contribution in [0.5, 0.6) is 0 Å². The zero-order valence-corrected chi connectivity index (χ0v) is 13.1. The number of hydrogen-bond donors (Lipinski definition) is 0. The molecule has 0 aliphatic rings. The molecule has 2 aromatic rings. The minimum Gasteiger partial charge on any atom is -0.311 e. The first-order valence-electron chi connectivity index (χ1n) is 6.20. The van der Waals surface area contributed by atoms with Gasteiger partial charge in [-0.1, -0.05) is 40.9 Å². The Hall–Kier alpha value is -1.51. The van der Waals surface area contributed by atoms with Gasteiger partial charge in [-0.15, -0.1) is 0 Å². The van der Waals surface area contributed by atoms with Gasteiger partial charge in [0.15, 0.2) is 0 Å². The Labute approximate surface area is 128 Å². The largest absolute Gasteiger partial charge is 0.311 e. The summed E-state index contributed by atoms with van der Waals surface area (Å²) in [7, 11) is 1.75. The van der Waals surface area contributed by atoms with Crippen LogP contribution in [0, 0.1) is 13.8 Å². The maximum atomic E-state index is 12.5. The first-order valence-corrected chi connectivity index (χ1v) is 6.96. The Morgan fingerprint density at radius 2 is 1.70 bits per heavy atom. The Morgan fingerprint density at radius 3 is 2.30 bits per heavy atom. The lowest BCUT2D eigenvalue weighted by molar-refractivity contribution is 0.0993. The van der Waals surface area contributed by atoms with E-state index in [2.05, 4.69) is 0 Å². The molecule has 104 valence electrons. The number of rotatable bonds is 2. The monoisotopic (exact) mass is 307 g/mol. The molecule has 0 aliphatic carbocycles. The number of halogens is 2. The molecule has 0 unspecified atom stereocenters. The van der Waals surface area contributed by atoms with E-state index >= 15 is 0 Å². The van der Waals surface area contributed by atoms with Gasteiger partial charge in [-0.25, -0.2) is 0 Å². The fourth-order valence-corrected chi connectivity index (χ4v) is 2.41. The predicted molar refractivity (Wildman–Crippen MR) is 85.1 cm³/mol. The van der Waals surface area contributed by atoms with Gasteiger partial charge >= 0.3 is 0 Å². The van der Waals surface area contributed by atoms with Gasteiger partial charge in [-0.3, -0.25) is 4.79 Å². The first-order chi connectivity index (χ1) is 9.40. The van der Waals surface area contributed by atoms with Crippen LogP contribution in [0.2, 0.25) is 10.0 Å². The highest BCUT2D eigenvalue weighted by molar-refractivity contribution is 6.42. The minimum atomic E-state index is -0.115. The van der Waals surface area contributed by atoms with Crippen LogP contribution in [0.3, 0.4) is 0 Å². The van der Waals surface area contributed by atoms with Crippen LogP contribution in [0.1, 0.15) is 21.5 Å². The Bertz CT molecular complexity index is 668. The summed E-state index contributed by atoms with van der Waals surface area (Å²) in [5.41, 5.74) is 3.62. The molecule has 0 fully saturated rings. The number of amides is 1. The van der Waals surface area contributed by atoms with Gasteiger partial charge in [-0.2, -0.15) is 0 Å². The van der Waals surface area contributed by atoms with Crippen molar-refractivity contribution in [1.82, 2.24) is 0 Å². The number of aryl methyl sites for hydroxylation is 2. The zero-order chi connectivity index (χ0) is 14.9. The third-order valence-electron chi connectivity index (χ3n) is 3.18. The van der Waals surface area contributed by atoms with Crippen molar-refractivity contribution < 1.29 is 4.79 Å². The molecule has 0 saturated carbocycles. The summed E-state index contributed by atoms with van der Waals surface area (Å²) in [6.07, 6.45) is 0. The predicted octanol–water partition coefficient (Wildman–Crippen LogP) is 4.89. The molecule has 2 aromatic carbocycles. The average Bonchev–Trinajstić information content (AvgIpc) is 2.40. The molecule has 0 atom stereocenters. The average molecular weight is 308 g/mol. The van der Waals surface area contributed by atoms with Gasteiger partial charge in [0.25, 0.3) is 5.91 Å².